The molecule has 1 aliphatic carbocycles. The molecule has 0 aromatic heterocycles. The molecule has 0 amide bonds. The van der Waals surface area contributed by atoms with Crippen molar-refractivity contribution in [3.05, 3.63) is 0 Å². The summed E-state index contributed by atoms with van der Waals surface area (Å²) in [5, 5.41) is 3.49. The van der Waals surface area contributed by atoms with Gasteiger partial charge in [-0.1, -0.05) is 40.5 Å². The van der Waals surface area contributed by atoms with E-state index in [0.717, 1.165) is 23.8 Å². The first-order chi connectivity index (χ1) is 6.68. The molecule has 0 spiro atoms. The average Bonchev–Trinajstić information content (AvgIpc) is 2.89. The van der Waals surface area contributed by atoms with Gasteiger partial charge in [-0.2, -0.15) is 0 Å². The molecule has 84 valence electrons. The molecule has 1 N–H and O–H groups in total. The summed E-state index contributed by atoms with van der Waals surface area (Å²) in [5.74, 6) is 1.89. The average molecular weight is 197 g/mol. The summed E-state index contributed by atoms with van der Waals surface area (Å²) in [6, 6.07) is 0. The van der Waals surface area contributed by atoms with Gasteiger partial charge in [0.25, 0.3) is 0 Å². The van der Waals surface area contributed by atoms with E-state index in [1.807, 2.05) is 0 Å². The Morgan fingerprint density at radius 3 is 2.57 bits per heavy atom. The molecule has 1 nitrogen and oxygen atoms in total. The van der Waals surface area contributed by atoms with E-state index in [-0.39, 0.29) is 0 Å². The molecule has 0 aliphatic heterocycles. The van der Waals surface area contributed by atoms with Crippen LogP contribution in [0.3, 0.4) is 0 Å². The predicted molar refractivity (Wildman–Crippen MR) is 63.4 cm³/mol. The van der Waals surface area contributed by atoms with Crippen molar-refractivity contribution in [2.45, 2.75) is 53.4 Å². The zero-order chi connectivity index (χ0) is 10.6. The molecule has 1 saturated carbocycles. The first kappa shape index (κ1) is 12.0. The lowest BCUT2D eigenvalue weighted by Gasteiger charge is -2.19. The molecule has 14 heavy (non-hydrogen) atoms. The molecule has 3 atom stereocenters. The molecule has 1 heteroatoms. The monoisotopic (exact) mass is 197 g/mol. The fourth-order valence-corrected chi connectivity index (χ4v) is 2.70. The lowest BCUT2D eigenvalue weighted by Crippen LogP contribution is -2.20. The topological polar surface area (TPSA) is 12.0 Å². The molecule has 0 radical (unpaired) electrons. The summed E-state index contributed by atoms with van der Waals surface area (Å²) in [4.78, 5) is 0. The Kier molecular flexibility index (Phi) is 4.43. The summed E-state index contributed by atoms with van der Waals surface area (Å²) >= 11 is 0. The van der Waals surface area contributed by atoms with Gasteiger partial charge in [0.15, 0.2) is 0 Å². The summed E-state index contributed by atoms with van der Waals surface area (Å²) in [6.45, 7) is 11.7. The Bertz CT molecular complexity index is 167. The minimum Gasteiger partial charge on any atom is -0.317 e. The van der Waals surface area contributed by atoms with Gasteiger partial charge < -0.3 is 5.32 Å². The fourth-order valence-electron chi connectivity index (χ4n) is 2.70. The van der Waals surface area contributed by atoms with E-state index < -0.39 is 0 Å². The van der Waals surface area contributed by atoms with E-state index >= 15 is 0 Å². The van der Waals surface area contributed by atoms with Crippen molar-refractivity contribution in [3.8, 4) is 0 Å². The zero-order valence-corrected chi connectivity index (χ0v) is 10.4. The van der Waals surface area contributed by atoms with Crippen LogP contribution >= 0.6 is 0 Å². The molecule has 0 aromatic carbocycles. The van der Waals surface area contributed by atoms with E-state index in [9.17, 15) is 0 Å². The summed E-state index contributed by atoms with van der Waals surface area (Å²) < 4.78 is 0. The highest BCUT2D eigenvalue weighted by atomic mass is 14.9. The second-order valence-corrected chi connectivity index (χ2v) is 5.14. The minimum atomic E-state index is 0.720. The lowest BCUT2D eigenvalue weighted by atomic mass is 9.87. The molecule has 1 aliphatic rings. The van der Waals surface area contributed by atoms with Gasteiger partial charge >= 0.3 is 0 Å². The third kappa shape index (κ3) is 2.73. The van der Waals surface area contributed by atoms with E-state index in [4.69, 9.17) is 0 Å². The zero-order valence-electron chi connectivity index (χ0n) is 10.4. The van der Waals surface area contributed by atoms with E-state index in [2.05, 4.69) is 33.0 Å². The molecule has 0 bridgehead atoms. The smallest absolute Gasteiger partial charge is 0.00151 e. The summed E-state index contributed by atoms with van der Waals surface area (Å²) in [7, 11) is 0. The third-order valence-corrected chi connectivity index (χ3v) is 4.16. The van der Waals surface area contributed by atoms with Gasteiger partial charge in [-0.05, 0) is 43.2 Å². The highest BCUT2D eigenvalue weighted by molar-refractivity contribution is 5.02. The summed E-state index contributed by atoms with van der Waals surface area (Å²) in [5.41, 5.74) is 0.720. The number of hydrogen-bond acceptors (Lipinski definition) is 1. The Labute approximate surface area is 89.7 Å². The van der Waals surface area contributed by atoms with Crippen LogP contribution in [-0.2, 0) is 0 Å². The van der Waals surface area contributed by atoms with Crippen molar-refractivity contribution < 1.29 is 0 Å². The molecule has 0 saturated heterocycles. The predicted octanol–water partition coefficient (Wildman–Crippen LogP) is 3.45. The lowest BCUT2D eigenvalue weighted by molar-refractivity contribution is 0.321. The normalized spacial score (nSPS) is 33.0. The van der Waals surface area contributed by atoms with Gasteiger partial charge in [0, 0.05) is 0 Å². The van der Waals surface area contributed by atoms with Crippen molar-refractivity contribution >= 4 is 0 Å². The van der Waals surface area contributed by atoms with Gasteiger partial charge in [0.05, 0.1) is 0 Å². The van der Waals surface area contributed by atoms with Crippen LogP contribution in [0.25, 0.3) is 0 Å². The van der Waals surface area contributed by atoms with Gasteiger partial charge in [0.1, 0.15) is 0 Å². The molecule has 1 fully saturated rings. The maximum absolute atomic E-state index is 3.49. The van der Waals surface area contributed by atoms with E-state index in [0.29, 0.717) is 0 Å². The van der Waals surface area contributed by atoms with Gasteiger partial charge in [-0.25, -0.2) is 0 Å². The molecule has 0 heterocycles. The third-order valence-electron chi connectivity index (χ3n) is 4.16. The summed E-state index contributed by atoms with van der Waals surface area (Å²) in [6.07, 6.45) is 5.65. The van der Waals surface area contributed by atoms with Gasteiger partial charge in [-0.3, -0.25) is 0 Å². The highest BCUT2D eigenvalue weighted by Crippen LogP contribution is 2.58. The van der Waals surface area contributed by atoms with Crippen LogP contribution in [0.15, 0.2) is 0 Å². The Balaban J connectivity index is 2.32. The first-order valence-electron chi connectivity index (χ1n) is 6.39. The maximum Gasteiger partial charge on any atom is -0.00151 e. The van der Waals surface area contributed by atoms with Crippen LogP contribution in [0.4, 0.5) is 0 Å². The Morgan fingerprint density at radius 1 is 1.36 bits per heavy atom. The second kappa shape index (κ2) is 5.16. The molecule has 1 rings (SSSR count). The molecular formula is C13H27N. The molecular weight excluding hydrogens is 170 g/mol. The highest BCUT2D eigenvalue weighted by Gasteiger charge is 2.51. The molecule has 0 aromatic rings. The van der Waals surface area contributed by atoms with Crippen LogP contribution < -0.4 is 5.32 Å². The van der Waals surface area contributed by atoms with Crippen molar-refractivity contribution in [1.82, 2.24) is 5.32 Å². The Hall–Kier alpha value is -0.0400. The number of hydrogen-bond donors (Lipinski definition) is 1. The number of nitrogens with one attached hydrogen (secondary N) is 1. The van der Waals surface area contributed by atoms with Crippen LogP contribution in [0.5, 0.6) is 0 Å². The maximum atomic E-state index is 3.49. The van der Waals surface area contributed by atoms with E-state index in [1.165, 1.54) is 32.2 Å². The fraction of sp³-hybridized carbons (Fsp3) is 1.00. The quantitative estimate of drug-likeness (QED) is 0.659. The standard InChI is InChI=1S/C13H27N/c1-5-11(4)8-13(6-2)9-12(13)10-14-7-3/h11-12,14H,5-10H2,1-4H3. The van der Waals surface area contributed by atoms with Crippen LogP contribution in [0.2, 0.25) is 0 Å². The van der Waals surface area contributed by atoms with Crippen LogP contribution in [-0.4, -0.2) is 13.1 Å². The SMILES string of the molecule is CCNCC1CC1(CC)CC(C)CC. The van der Waals surface area contributed by atoms with Gasteiger partial charge in [0.2, 0.25) is 0 Å². The van der Waals surface area contributed by atoms with Crippen LogP contribution in [0.1, 0.15) is 53.4 Å². The number of rotatable bonds is 7. The largest absolute Gasteiger partial charge is 0.317 e. The second-order valence-electron chi connectivity index (χ2n) is 5.14. The molecule has 3 unspecified atom stereocenters. The van der Waals surface area contributed by atoms with Gasteiger partial charge in [-0.15, -0.1) is 0 Å². The van der Waals surface area contributed by atoms with Crippen molar-refractivity contribution in [3.63, 3.8) is 0 Å². The van der Waals surface area contributed by atoms with Crippen LogP contribution in [0, 0.1) is 17.3 Å². The van der Waals surface area contributed by atoms with Crippen molar-refractivity contribution in [1.29, 1.82) is 0 Å². The minimum absolute atomic E-state index is 0.720. The Morgan fingerprint density at radius 2 is 2.07 bits per heavy atom. The van der Waals surface area contributed by atoms with Crippen molar-refractivity contribution in [2.24, 2.45) is 17.3 Å². The first-order valence-corrected chi connectivity index (χ1v) is 6.39. The van der Waals surface area contributed by atoms with E-state index in [1.54, 1.807) is 0 Å². The van der Waals surface area contributed by atoms with Crippen molar-refractivity contribution in [2.75, 3.05) is 13.1 Å².